The average molecular weight is 430 g/mol. The van der Waals surface area contributed by atoms with Crippen LogP contribution in [0.1, 0.15) is 76.2 Å². The molecule has 31 heavy (non-hydrogen) atoms. The number of rotatable bonds is 7. The SMILES string of the molecule is CCC(C)NC(=O)C(NC(=O)c1ccccc1C)C1CCN(C(=O)CC(C)(C)C)CC1. The summed E-state index contributed by atoms with van der Waals surface area (Å²) in [5, 5.41) is 6.03. The van der Waals surface area contributed by atoms with Crippen LogP contribution in [-0.4, -0.2) is 47.8 Å². The Morgan fingerprint density at radius 1 is 1.10 bits per heavy atom. The lowest BCUT2D eigenvalue weighted by molar-refractivity contribution is -0.134. The quantitative estimate of drug-likeness (QED) is 0.694. The summed E-state index contributed by atoms with van der Waals surface area (Å²) in [6.45, 7) is 13.3. The summed E-state index contributed by atoms with van der Waals surface area (Å²) in [6.07, 6.45) is 2.73. The Morgan fingerprint density at radius 2 is 1.71 bits per heavy atom. The van der Waals surface area contributed by atoms with E-state index in [9.17, 15) is 14.4 Å². The molecule has 0 spiro atoms. The number of nitrogens with one attached hydrogen (secondary N) is 2. The van der Waals surface area contributed by atoms with Gasteiger partial charge in [0, 0.05) is 31.1 Å². The number of likely N-dealkylation sites (tertiary alicyclic amines) is 1. The first-order valence-electron chi connectivity index (χ1n) is 11.5. The zero-order valence-electron chi connectivity index (χ0n) is 20.0. The van der Waals surface area contributed by atoms with E-state index in [1.165, 1.54) is 0 Å². The van der Waals surface area contributed by atoms with Crippen LogP contribution in [0.25, 0.3) is 0 Å². The molecule has 0 radical (unpaired) electrons. The fraction of sp³-hybridized carbons (Fsp3) is 0.640. The zero-order valence-corrected chi connectivity index (χ0v) is 20.0. The molecule has 1 aromatic rings. The molecular weight excluding hydrogens is 390 g/mol. The predicted molar refractivity (Wildman–Crippen MR) is 124 cm³/mol. The maximum absolute atomic E-state index is 13.1. The lowest BCUT2D eigenvalue weighted by atomic mass is 9.87. The number of piperidine rings is 1. The lowest BCUT2D eigenvalue weighted by Gasteiger charge is -2.37. The third kappa shape index (κ3) is 7.37. The number of hydrogen-bond donors (Lipinski definition) is 2. The van der Waals surface area contributed by atoms with E-state index in [1.807, 2.05) is 43.9 Å². The van der Waals surface area contributed by atoms with Crippen molar-refractivity contribution in [1.29, 1.82) is 0 Å². The van der Waals surface area contributed by atoms with Crippen LogP contribution in [0, 0.1) is 18.3 Å². The summed E-state index contributed by atoms with van der Waals surface area (Å²) >= 11 is 0. The van der Waals surface area contributed by atoms with Crippen molar-refractivity contribution in [2.45, 2.75) is 79.3 Å². The normalized spacial score (nSPS) is 17.0. The van der Waals surface area contributed by atoms with E-state index >= 15 is 0 Å². The molecular formula is C25H39N3O3. The number of carbonyl (C=O) groups is 3. The minimum Gasteiger partial charge on any atom is -0.352 e. The molecule has 1 aliphatic rings. The summed E-state index contributed by atoms with van der Waals surface area (Å²) < 4.78 is 0. The molecule has 1 aromatic carbocycles. The highest BCUT2D eigenvalue weighted by molar-refractivity contribution is 5.98. The third-order valence-electron chi connectivity index (χ3n) is 6.01. The molecule has 3 amide bonds. The molecule has 2 N–H and O–H groups in total. The maximum Gasteiger partial charge on any atom is 0.252 e. The number of nitrogens with zero attached hydrogens (tertiary/aromatic N) is 1. The van der Waals surface area contributed by atoms with Gasteiger partial charge in [0.25, 0.3) is 5.91 Å². The minimum atomic E-state index is -0.610. The zero-order chi connectivity index (χ0) is 23.2. The predicted octanol–water partition coefficient (Wildman–Crippen LogP) is 3.68. The number of benzene rings is 1. The highest BCUT2D eigenvalue weighted by Gasteiger charge is 2.35. The number of amides is 3. The van der Waals surface area contributed by atoms with E-state index in [2.05, 4.69) is 31.4 Å². The van der Waals surface area contributed by atoms with Gasteiger partial charge in [-0.2, -0.15) is 0 Å². The smallest absolute Gasteiger partial charge is 0.252 e. The Balaban J connectivity index is 2.11. The van der Waals surface area contributed by atoms with Crippen LogP contribution in [0.5, 0.6) is 0 Å². The Morgan fingerprint density at radius 3 is 2.26 bits per heavy atom. The highest BCUT2D eigenvalue weighted by Crippen LogP contribution is 2.25. The fourth-order valence-corrected chi connectivity index (χ4v) is 3.93. The third-order valence-corrected chi connectivity index (χ3v) is 6.01. The Labute approximate surface area is 187 Å². The highest BCUT2D eigenvalue weighted by atomic mass is 16.2. The number of hydrogen-bond acceptors (Lipinski definition) is 3. The van der Waals surface area contributed by atoms with Crippen molar-refractivity contribution < 1.29 is 14.4 Å². The molecule has 2 atom stereocenters. The minimum absolute atomic E-state index is 0.00397. The van der Waals surface area contributed by atoms with Gasteiger partial charge in [0.05, 0.1) is 0 Å². The number of carbonyl (C=O) groups excluding carboxylic acids is 3. The molecule has 0 aliphatic carbocycles. The van der Waals surface area contributed by atoms with Gasteiger partial charge in [0.1, 0.15) is 6.04 Å². The second-order valence-corrected chi connectivity index (χ2v) is 10.0. The summed E-state index contributed by atoms with van der Waals surface area (Å²) in [5.74, 6) is -0.212. The lowest BCUT2D eigenvalue weighted by Crippen LogP contribution is -2.55. The molecule has 0 aromatic heterocycles. The van der Waals surface area contributed by atoms with Gasteiger partial charge >= 0.3 is 0 Å². The average Bonchev–Trinajstić information content (AvgIpc) is 2.70. The van der Waals surface area contributed by atoms with Crippen LogP contribution in [0.2, 0.25) is 0 Å². The van der Waals surface area contributed by atoms with Crippen molar-refractivity contribution in [3.8, 4) is 0 Å². The first-order chi connectivity index (χ1) is 14.5. The van der Waals surface area contributed by atoms with Crippen molar-refractivity contribution in [3.05, 3.63) is 35.4 Å². The molecule has 0 saturated carbocycles. The molecule has 172 valence electrons. The van der Waals surface area contributed by atoms with E-state index in [-0.39, 0.29) is 35.1 Å². The molecule has 1 fully saturated rings. The Kier molecular flexibility index (Phi) is 8.66. The van der Waals surface area contributed by atoms with Crippen LogP contribution in [0.4, 0.5) is 0 Å². The molecule has 1 aliphatic heterocycles. The van der Waals surface area contributed by atoms with Gasteiger partial charge in [-0.25, -0.2) is 0 Å². The van der Waals surface area contributed by atoms with E-state index in [0.29, 0.717) is 37.9 Å². The standard InChI is InChI=1S/C25H39N3O3/c1-7-18(3)26-24(31)22(27-23(30)20-11-9-8-10-17(20)2)19-12-14-28(15-13-19)21(29)16-25(4,5)6/h8-11,18-19,22H,7,12-16H2,1-6H3,(H,26,31)(H,27,30). The Hall–Kier alpha value is -2.37. The molecule has 1 saturated heterocycles. The van der Waals surface area contributed by atoms with Crippen LogP contribution < -0.4 is 10.6 Å². The van der Waals surface area contributed by atoms with Crippen molar-refractivity contribution >= 4 is 17.7 Å². The molecule has 6 heteroatoms. The molecule has 0 bridgehead atoms. The molecule has 6 nitrogen and oxygen atoms in total. The van der Waals surface area contributed by atoms with Crippen molar-refractivity contribution in [2.75, 3.05) is 13.1 Å². The van der Waals surface area contributed by atoms with Crippen LogP contribution in [0.15, 0.2) is 24.3 Å². The van der Waals surface area contributed by atoms with E-state index < -0.39 is 6.04 Å². The second kappa shape index (κ2) is 10.8. The molecule has 1 heterocycles. The van der Waals surface area contributed by atoms with Crippen molar-refractivity contribution in [1.82, 2.24) is 15.5 Å². The fourth-order valence-electron chi connectivity index (χ4n) is 3.93. The largest absolute Gasteiger partial charge is 0.352 e. The summed E-state index contributed by atoms with van der Waals surface area (Å²) in [4.78, 5) is 40.5. The second-order valence-electron chi connectivity index (χ2n) is 10.0. The summed E-state index contributed by atoms with van der Waals surface area (Å²) in [5.41, 5.74) is 1.42. The maximum atomic E-state index is 13.1. The first-order valence-corrected chi connectivity index (χ1v) is 11.5. The summed E-state index contributed by atoms with van der Waals surface area (Å²) in [7, 11) is 0. The van der Waals surface area contributed by atoms with Crippen LogP contribution in [-0.2, 0) is 9.59 Å². The topological polar surface area (TPSA) is 78.5 Å². The van der Waals surface area contributed by atoms with Crippen LogP contribution in [0.3, 0.4) is 0 Å². The van der Waals surface area contributed by atoms with Gasteiger partial charge < -0.3 is 15.5 Å². The van der Waals surface area contributed by atoms with E-state index in [4.69, 9.17) is 0 Å². The van der Waals surface area contributed by atoms with Gasteiger partial charge in [0.2, 0.25) is 11.8 Å². The molecule has 2 rings (SSSR count). The van der Waals surface area contributed by atoms with Gasteiger partial charge in [-0.05, 0) is 56.1 Å². The van der Waals surface area contributed by atoms with E-state index in [0.717, 1.165) is 12.0 Å². The van der Waals surface area contributed by atoms with Gasteiger partial charge in [-0.15, -0.1) is 0 Å². The van der Waals surface area contributed by atoms with Gasteiger partial charge in [-0.1, -0.05) is 45.9 Å². The first kappa shape index (κ1) is 24.9. The summed E-state index contributed by atoms with van der Waals surface area (Å²) in [6, 6.07) is 6.82. The van der Waals surface area contributed by atoms with Gasteiger partial charge in [-0.3, -0.25) is 14.4 Å². The van der Waals surface area contributed by atoms with E-state index in [1.54, 1.807) is 6.07 Å². The monoisotopic (exact) mass is 429 g/mol. The number of aryl methyl sites for hydroxylation is 1. The van der Waals surface area contributed by atoms with Gasteiger partial charge in [0.15, 0.2) is 0 Å². The molecule has 2 unspecified atom stereocenters. The van der Waals surface area contributed by atoms with Crippen LogP contribution >= 0.6 is 0 Å². The van der Waals surface area contributed by atoms with Crippen molar-refractivity contribution in [3.63, 3.8) is 0 Å². The van der Waals surface area contributed by atoms with Crippen molar-refractivity contribution in [2.24, 2.45) is 11.3 Å². The Bertz CT molecular complexity index is 776.